The molecule has 0 saturated carbocycles. The van der Waals surface area contributed by atoms with Crippen molar-refractivity contribution in [3.63, 3.8) is 0 Å². The Balaban J connectivity index is 1.25. The summed E-state index contributed by atoms with van der Waals surface area (Å²) in [7, 11) is -3.54. The van der Waals surface area contributed by atoms with Gasteiger partial charge in [-0.1, -0.05) is 30.3 Å². The van der Waals surface area contributed by atoms with E-state index in [0.29, 0.717) is 25.9 Å². The average molecular weight is 429 g/mol. The second-order valence-electron chi connectivity index (χ2n) is 8.08. The summed E-state index contributed by atoms with van der Waals surface area (Å²) in [5, 5.41) is 3.19. The Bertz CT molecular complexity index is 945. The van der Waals surface area contributed by atoms with E-state index in [2.05, 4.69) is 27.3 Å². The van der Waals surface area contributed by atoms with E-state index in [1.54, 1.807) is 18.3 Å². The molecule has 1 atom stereocenters. The largest absolute Gasteiger partial charge is 0.352 e. The van der Waals surface area contributed by atoms with Crippen molar-refractivity contribution in [3.05, 3.63) is 60.4 Å². The van der Waals surface area contributed by atoms with Crippen LogP contribution in [-0.4, -0.2) is 60.7 Å². The van der Waals surface area contributed by atoms with Crippen molar-refractivity contribution < 1.29 is 13.2 Å². The molecule has 2 aromatic rings. The first-order valence-electron chi connectivity index (χ1n) is 10.5. The molecule has 160 valence electrons. The van der Waals surface area contributed by atoms with Gasteiger partial charge in [0.05, 0.1) is 0 Å². The number of hydrogen-bond acceptors (Lipinski definition) is 5. The fourth-order valence-corrected chi connectivity index (χ4v) is 5.70. The zero-order valence-electron chi connectivity index (χ0n) is 17.0. The van der Waals surface area contributed by atoms with Gasteiger partial charge in [-0.2, -0.15) is 4.31 Å². The van der Waals surface area contributed by atoms with Crippen LogP contribution >= 0.6 is 0 Å². The van der Waals surface area contributed by atoms with E-state index in [1.165, 1.54) is 16.1 Å². The average Bonchev–Trinajstić information content (AvgIpc) is 3.21. The van der Waals surface area contributed by atoms with Gasteiger partial charge in [-0.05, 0) is 37.0 Å². The summed E-state index contributed by atoms with van der Waals surface area (Å²) in [6.45, 7) is 3.45. The molecular formula is C22H28N4O3S. The highest BCUT2D eigenvalue weighted by atomic mass is 32.2. The molecule has 2 fully saturated rings. The predicted octanol–water partition coefficient (Wildman–Crippen LogP) is 1.87. The van der Waals surface area contributed by atoms with E-state index in [-0.39, 0.29) is 22.8 Å². The second-order valence-corrected chi connectivity index (χ2v) is 10.0. The number of carbonyl (C=O) groups is 1. The van der Waals surface area contributed by atoms with Crippen molar-refractivity contribution in [2.75, 3.05) is 26.2 Å². The van der Waals surface area contributed by atoms with Gasteiger partial charge in [0.15, 0.2) is 0 Å². The lowest BCUT2D eigenvalue weighted by Crippen LogP contribution is -2.45. The monoisotopic (exact) mass is 428 g/mol. The molecular weight excluding hydrogens is 400 g/mol. The van der Waals surface area contributed by atoms with Gasteiger partial charge in [0.1, 0.15) is 4.90 Å². The summed E-state index contributed by atoms with van der Waals surface area (Å²) in [6.07, 6.45) is 4.97. The molecule has 0 bridgehead atoms. The number of aromatic nitrogens is 1. The number of piperidine rings is 1. The molecule has 1 N–H and O–H groups in total. The van der Waals surface area contributed by atoms with E-state index in [9.17, 15) is 13.2 Å². The lowest BCUT2D eigenvalue weighted by atomic mass is 9.97. The van der Waals surface area contributed by atoms with Crippen LogP contribution in [0.15, 0.2) is 59.8 Å². The molecule has 7 nitrogen and oxygen atoms in total. The maximum Gasteiger partial charge on any atom is 0.244 e. The van der Waals surface area contributed by atoms with Crippen LogP contribution in [0.4, 0.5) is 0 Å². The zero-order chi connectivity index (χ0) is 21.0. The first-order chi connectivity index (χ1) is 14.5. The van der Waals surface area contributed by atoms with Gasteiger partial charge in [0.2, 0.25) is 15.9 Å². The van der Waals surface area contributed by atoms with E-state index in [4.69, 9.17) is 0 Å². The van der Waals surface area contributed by atoms with Crippen LogP contribution in [0.25, 0.3) is 0 Å². The van der Waals surface area contributed by atoms with Crippen LogP contribution < -0.4 is 5.32 Å². The van der Waals surface area contributed by atoms with Crippen LogP contribution in [0, 0.1) is 5.92 Å². The number of sulfonamides is 1. The van der Waals surface area contributed by atoms with Crippen molar-refractivity contribution in [1.82, 2.24) is 19.5 Å². The first-order valence-corrected chi connectivity index (χ1v) is 11.9. The zero-order valence-corrected chi connectivity index (χ0v) is 17.8. The molecule has 0 spiro atoms. The lowest BCUT2D eigenvalue weighted by molar-refractivity contribution is -0.126. The number of nitrogens with zero attached hydrogens (tertiary/aromatic N) is 3. The van der Waals surface area contributed by atoms with Gasteiger partial charge in [-0.25, -0.2) is 8.42 Å². The number of carbonyl (C=O) groups excluding carboxylic acids is 1. The van der Waals surface area contributed by atoms with Gasteiger partial charge in [0.25, 0.3) is 0 Å². The minimum absolute atomic E-state index is 0.0555. The van der Waals surface area contributed by atoms with Crippen LogP contribution in [0.2, 0.25) is 0 Å². The Morgan fingerprint density at radius 1 is 1.03 bits per heavy atom. The molecule has 0 unspecified atom stereocenters. The molecule has 0 radical (unpaired) electrons. The molecule has 2 aliphatic heterocycles. The molecule has 1 aromatic heterocycles. The number of pyridine rings is 1. The molecule has 2 saturated heterocycles. The SMILES string of the molecule is O=C(N[C@H]1CCN(Cc2ccccc2)C1)C1CCN(S(=O)(=O)c2cccnc2)CC1. The molecule has 1 aromatic carbocycles. The second kappa shape index (κ2) is 9.24. The summed E-state index contributed by atoms with van der Waals surface area (Å²) in [6, 6.07) is 13.7. The maximum atomic E-state index is 12.7. The highest BCUT2D eigenvalue weighted by molar-refractivity contribution is 7.89. The van der Waals surface area contributed by atoms with Gasteiger partial charge in [-0.3, -0.25) is 14.7 Å². The Hall–Kier alpha value is -2.29. The number of hydrogen-bond donors (Lipinski definition) is 1. The topological polar surface area (TPSA) is 82.6 Å². The minimum atomic E-state index is -3.54. The van der Waals surface area contributed by atoms with Gasteiger partial charge in [-0.15, -0.1) is 0 Å². The van der Waals surface area contributed by atoms with E-state index >= 15 is 0 Å². The van der Waals surface area contributed by atoms with Crippen molar-refractivity contribution in [1.29, 1.82) is 0 Å². The minimum Gasteiger partial charge on any atom is -0.352 e. The van der Waals surface area contributed by atoms with E-state index in [0.717, 1.165) is 26.1 Å². The Morgan fingerprint density at radius 2 is 1.80 bits per heavy atom. The highest BCUT2D eigenvalue weighted by Crippen LogP contribution is 2.24. The van der Waals surface area contributed by atoms with Gasteiger partial charge >= 0.3 is 0 Å². The third-order valence-electron chi connectivity index (χ3n) is 5.96. The summed E-state index contributed by atoms with van der Waals surface area (Å²) < 4.78 is 26.9. The predicted molar refractivity (Wildman–Crippen MR) is 114 cm³/mol. The maximum absolute atomic E-state index is 12.7. The normalized spacial score (nSPS) is 21.5. The number of nitrogens with one attached hydrogen (secondary N) is 1. The fraction of sp³-hybridized carbons (Fsp3) is 0.455. The summed E-state index contributed by atoms with van der Waals surface area (Å²) in [5.74, 6) is -0.0755. The smallest absolute Gasteiger partial charge is 0.244 e. The summed E-state index contributed by atoms with van der Waals surface area (Å²) in [5.41, 5.74) is 1.28. The summed E-state index contributed by atoms with van der Waals surface area (Å²) >= 11 is 0. The lowest BCUT2D eigenvalue weighted by Gasteiger charge is -2.31. The molecule has 0 aliphatic carbocycles. The van der Waals surface area contributed by atoms with E-state index in [1.807, 2.05) is 18.2 Å². The van der Waals surface area contributed by atoms with Crippen LogP contribution in [0.3, 0.4) is 0 Å². The number of amides is 1. The van der Waals surface area contributed by atoms with Crippen molar-refractivity contribution in [2.24, 2.45) is 5.92 Å². The highest BCUT2D eigenvalue weighted by Gasteiger charge is 2.33. The molecule has 2 aliphatic rings. The Labute approximate surface area is 178 Å². The van der Waals surface area contributed by atoms with Crippen molar-refractivity contribution in [3.8, 4) is 0 Å². The third kappa shape index (κ3) is 4.88. The van der Waals surface area contributed by atoms with Crippen LogP contribution in [-0.2, 0) is 21.4 Å². The summed E-state index contributed by atoms with van der Waals surface area (Å²) in [4.78, 5) is 19.2. The van der Waals surface area contributed by atoms with Crippen molar-refractivity contribution in [2.45, 2.75) is 36.7 Å². The molecule has 30 heavy (non-hydrogen) atoms. The molecule has 3 heterocycles. The molecule has 8 heteroatoms. The van der Waals surface area contributed by atoms with Crippen LogP contribution in [0.5, 0.6) is 0 Å². The standard InChI is InChI=1S/C22H28N4O3S/c27-22(24-20-10-12-25(17-20)16-18-5-2-1-3-6-18)19-8-13-26(14-9-19)30(28,29)21-7-4-11-23-15-21/h1-7,11,15,19-20H,8-10,12-14,16-17H2,(H,24,27)/t20-/m0/s1. The van der Waals surface area contributed by atoms with Gasteiger partial charge < -0.3 is 5.32 Å². The fourth-order valence-electron chi connectivity index (χ4n) is 4.26. The quantitative estimate of drug-likeness (QED) is 0.760. The van der Waals surface area contributed by atoms with Gasteiger partial charge in [0, 0.05) is 57.1 Å². The number of likely N-dealkylation sites (tertiary alicyclic amines) is 1. The number of benzene rings is 1. The Kier molecular flexibility index (Phi) is 6.46. The Morgan fingerprint density at radius 3 is 2.50 bits per heavy atom. The number of rotatable bonds is 6. The third-order valence-corrected chi connectivity index (χ3v) is 7.85. The van der Waals surface area contributed by atoms with E-state index < -0.39 is 10.0 Å². The first kappa shape index (κ1) is 21.0. The van der Waals surface area contributed by atoms with Crippen molar-refractivity contribution >= 4 is 15.9 Å². The molecule has 1 amide bonds. The van der Waals surface area contributed by atoms with Crippen LogP contribution in [0.1, 0.15) is 24.8 Å². The molecule has 4 rings (SSSR count).